The average molecular weight is 631 g/mol. The zero-order valence-corrected chi connectivity index (χ0v) is 25.0. The molecule has 2 aromatic rings. The Bertz CT molecular complexity index is 1200. The van der Waals surface area contributed by atoms with Gasteiger partial charge in [0, 0.05) is 24.0 Å². The molecule has 0 bridgehead atoms. The molecule has 0 aromatic heterocycles. The normalized spacial score (nSPS) is 28.2. The van der Waals surface area contributed by atoms with Gasteiger partial charge in [-0.25, -0.2) is 22.0 Å². The third-order valence-electron chi connectivity index (χ3n) is 9.87. The number of hydrogen-bond acceptors (Lipinski definition) is 3. The van der Waals surface area contributed by atoms with Crippen molar-refractivity contribution in [3.05, 3.63) is 53.4 Å². The molecule has 2 aromatic carbocycles. The van der Waals surface area contributed by atoms with E-state index in [0.717, 1.165) is 45.3 Å². The monoisotopic (exact) mass is 630 g/mol. The Morgan fingerprint density at radius 2 is 1.23 bits per heavy atom. The smallest absolute Gasteiger partial charge is 0.400 e. The molecule has 3 nitrogen and oxygen atoms in total. The third-order valence-corrected chi connectivity index (χ3v) is 9.87. The molecule has 0 N–H and O–H groups in total. The molecular weight excluding hydrogens is 589 g/mol. The van der Waals surface area contributed by atoms with Crippen LogP contribution < -0.4 is 4.74 Å². The minimum Gasteiger partial charge on any atom is -0.432 e. The number of rotatable bonds is 10. The van der Waals surface area contributed by atoms with Crippen LogP contribution in [0.2, 0.25) is 0 Å². The van der Waals surface area contributed by atoms with Gasteiger partial charge in [0.15, 0.2) is 23.7 Å². The first-order valence-electron chi connectivity index (χ1n) is 16.0. The van der Waals surface area contributed by atoms with Crippen LogP contribution >= 0.6 is 0 Å². The van der Waals surface area contributed by atoms with Gasteiger partial charge in [-0.05, 0) is 87.3 Å². The van der Waals surface area contributed by atoms with Crippen LogP contribution in [0.5, 0.6) is 5.75 Å². The fourth-order valence-electron chi connectivity index (χ4n) is 7.32. The Balaban J connectivity index is 1.10. The summed E-state index contributed by atoms with van der Waals surface area (Å²) in [5.74, 6) is -7.99. The summed E-state index contributed by atoms with van der Waals surface area (Å²) in [7, 11) is 0. The lowest BCUT2D eigenvalue weighted by atomic mass is 9.69. The second-order valence-corrected chi connectivity index (χ2v) is 12.9. The lowest BCUT2D eigenvalue weighted by molar-refractivity contribution is -0.232. The van der Waals surface area contributed by atoms with E-state index in [9.17, 15) is 22.0 Å². The van der Waals surface area contributed by atoms with Crippen LogP contribution in [0, 0.1) is 58.7 Å². The van der Waals surface area contributed by atoms with E-state index in [2.05, 4.69) is 6.92 Å². The molecule has 5 rings (SSSR count). The van der Waals surface area contributed by atoms with Crippen molar-refractivity contribution >= 4 is 0 Å². The minimum atomic E-state index is -3.67. The van der Waals surface area contributed by atoms with Crippen molar-refractivity contribution in [1.82, 2.24) is 0 Å². The maximum Gasteiger partial charge on any atom is 0.400 e. The molecule has 0 unspecified atom stereocenters. The van der Waals surface area contributed by atoms with E-state index in [0.29, 0.717) is 60.8 Å². The molecule has 0 radical (unpaired) electrons. The molecule has 0 atom stereocenters. The molecule has 0 amide bonds. The topological polar surface area (TPSA) is 27.7 Å². The van der Waals surface area contributed by atoms with Crippen LogP contribution in [0.1, 0.15) is 84.0 Å². The van der Waals surface area contributed by atoms with Crippen molar-refractivity contribution in [3.63, 3.8) is 0 Å². The Morgan fingerprint density at radius 3 is 1.77 bits per heavy atom. The molecule has 10 heteroatoms. The van der Waals surface area contributed by atoms with E-state index < -0.39 is 58.0 Å². The zero-order valence-electron chi connectivity index (χ0n) is 25.0. The lowest BCUT2D eigenvalue weighted by Crippen LogP contribution is -2.40. The van der Waals surface area contributed by atoms with E-state index in [-0.39, 0.29) is 19.1 Å². The highest BCUT2D eigenvalue weighted by Gasteiger charge is 2.45. The highest BCUT2D eigenvalue weighted by Crippen LogP contribution is 2.46. The van der Waals surface area contributed by atoms with E-state index in [1.54, 1.807) is 0 Å². The van der Waals surface area contributed by atoms with Crippen LogP contribution in [0.4, 0.5) is 30.7 Å². The summed E-state index contributed by atoms with van der Waals surface area (Å²) in [6, 6.07) is 1.95. The second-order valence-electron chi connectivity index (χ2n) is 12.9. The third kappa shape index (κ3) is 7.72. The number of alkyl halides is 2. The van der Waals surface area contributed by atoms with Crippen molar-refractivity contribution < 1.29 is 44.9 Å². The van der Waals surface area contributed by atoms with Crippen LogP contribution in [-0.4, -0.2) is 25.6 Å². The first-order chi connectivity index (χ1) is 21.1. The Labute approximate surface area is 254 Å². The number of benzene rings is 2. The fraction of sp³-hybridized carbons (Fsp3) is 0.647. The van der Waals surface area contributed by atoms with E-state index in [1.807, 2.05) is 0 Å². The highest BCUT2D eigenvalue weighted by atomic mass is 19.3. The molecule has 1 heterocycles. The van der Waals surface area contributed by atoms with Crippen LogP contribution in [0.25, 0.3) is 11.1 Å². The summed E-state index contributed by atoms with van der Waals surface area (Å²) in [5, 5.41) is 0. The van der Waals surface area contributed by atoms with Gasteiger partial charge in [0.25, 0.3) is 0 Å². The van der Waals surface area contributed by atoms with E-state index in [4.69, 9.17) is 14.2 Å². The predicted octanol–water partition coefficient (Wildman–Crippen LogP) is 10.2. The number of ether oxygens (including phenoxy) is 3. The molecule has 3 fully saturated rings. The maximum absolute atomic E-state index is 15.1. The SMILES string of the molecule is CCCCCC1COC(C2CCC(C3CCC(C(F)(F)Oc4cc(F)c(-c5cc(F)c(F)c(F)c5)c(F)c4)CC3)CC2)OC1. The van der Waals surface area contributed by atoms with Gasteiger partial charge < -0.3 is 14.2 Å². The van der Waals surface area contributed by atoms with E-state index >= 15 is 8.78 Å². The van der Waals surface area contributed by atoms with Gasteiger partial charge >= 0.3 is 6.11 Å². The second kappa shape index (κ2) is 14.4. The van der Waals surface area contributed by atoms with Gasteiger partial charge in [-0.3, -0.25) is 0 Å². The molecule has 3 aliphatic rings. The molecule has 244 valence electrons. The van der Waals surface area contributed by atoms with Crippen LogP contribution in [0.15, 0.2) is 24.3 Å². The molecule has 2 aliphatic carbocycles. The summed E-state index contributed by atoms with van der Waals surface area (Å²) in [5.41, 5.74) is -1.48. The largest absolute Gasteiger partial charge is 0.432 e. The van der Waals surface area contributed by atoms with E-state index in [1.165, 1.54) is 19.3 Å². The lowest BCUT2D eigenvalue weighted by Gasteiger charge is -2.41. The molecule has 0 spiro atoms. The summed E-state index contributed by atoms with van der Waals surface area (Å²) >= 11 is 0. The van der Waals surface area contributed by atoms with Gasteiger partial charge in [-0.1, -0.05) is 26.2 Å². The first kappa shape index (κ1) is 33.0. The standard InChI is InChI=1S/C34H41F7O3/c1-2-3-4-5-20-18-42-33(43-19-20)23-8-6-21(7-9-23)22-10-12-25(13-11-22)34(40,41)44-26-16-27(35)31(28(36)17-26)24-14-29(37)32(39)30(38)15-24/h14-17,20-23,25,33H,2-13,18-19H2,1H3. The summed E-state index contributed by atoms with van der Waals surface area (Å²) < 4.78 is 117. The molecule has 2 saturated carbocycles. The van der Waals surface area contributed by atoms with Crippen molar-refractivity contribution in [2.24, 2.45) is 29.6 Å². The molecule has 1 aliphatic heterocycles. The van der Waals surface area contributed by atoms with Crippen molar-refractivity contribution in [3.8, 4) is 16.9 Å². The maximum atomic E-state index is 15.1. The fourth-order valence-corrected chi connectivity index (χ4v) is 7.32. The molecule has 1 saturated heterocycles. The van der Waals surface area contributed by atoms with Gasteiger partial charge in [0.2, 0.25) is 0 Å². The molecule has 44 heavy (non-hydrogen) atoms. The number of halogens is 7. The summed E-state index contributed by atoms with van der Waals surface area (Å²) in [6.07, 6.45) is 6.70. The van der Waals surface area contributed by atoms with Crippen molar-refractivity contribution in [2.75, 3.05) is 13.2 Å². The highest BCUT2D eigenvalue weighted by molar-refractivity contribution is 5.66. The number of hydrogen-bond donors (Lipinski definition) is 0. The van der Waals surface area contributed by atoms with Crippen molar-refractivity contribution in [2.45, 2.75) is 96.4 Å². The predicted molar refractivity (Wildman–Crippen MR) is 151 cm³/mol. The van der Waals surface area contributed by atoms with Crippen LogP contribution in [0.3, 0.4) is 0 Å². The molecular formula is C34H41F7O3. The van der Waals surface area contributed by atoms with Crippen molar-refractivity contribution in [1.29, 1.82) is 0 Å². The summed E-state index contributed by atoms with van der Waals surface area (Å²) in [6.45, 7) is 3.71. The summed E-state index contributed by atoms with van der Waals surface area (Å²) in [4.78, 5) is 0. The van der Waals surface area contributed by atoms with Crippen LogP contribution in [-0.2, 0) is 9.47 Å². The van der Waals surface area contributed by atoms with Gasteiger partial charge in [-0.2, -0.15) is 8.78 Å². The average Bonchev–Trinajstić information content (AvgIpc) is 3.00. The quantitative estimate of drug-likeness (QED) is 0.149. The Kier molecular flexibility index (Phi) is 10.8. The Morgan fingerprint density at radius 1 is 0.705 bits per heavy atom. The van der Waals surface area contributed by atoms with Gasteiger partial charge in [-0.15, -0.1) is 0 Å². The Hall–Kier alpha value is -2.33. The van der Waals surface area contributed by atoms with Gasteiger partial charge in [0.1, 0.15) is 17.4 Å². The zero-order chi connectivity index (χ0) is 31.4. The number of unbranched alkanes of at least 4 members (excludes halogenated alkanes) is 2. The van der Waals surface area contributed by atoms with Gasteiger partial charge in [0.05, 0.1) is 24.7 Å². The first-order valence-corrected chi connectivity index (χ1v) is 16.0. The minimum absolute atomic E-state index is 0.147.